The van der Waals surface area contributed by atoms with Crippen molar-refractivity contribution < 1.29 is 4.79 Å². The lowest BCUT2D eigenvalue weighted by atomic mass is 10.1. The van der Waals surface area contributed by atoms with Crippen molar-refractivity contribution >= 4 is 17.2 Å². The quantitative estimate of drug-likeness (QED) is 0.883. The minimum absolute atomic E-state index is 0.00583. The highest BCUT2D eigenvalue weighted by molar-refractivity contribution is 7.07. The molecule has 0 atom stereocenters. The van der Waals surface area contributed by atoms with Gasteiger partial charge in [-0.1, -0.05) is 17.7 Å². The molecule has 0 aliphatic heterocycles. The molecule has 0 unspecified atom stereocenters. The lowest BCUT2D eigenvalue weighted by Crippen LogP contribution is -2.23. The van der Waals surface area contributed by atoms with E-state index in [1.54, 1.807) is 11.3 Å². The maximum Gasteiger partial charge on any atom is 0.251 e. The van der Waals surface area contributed by atoms with Crippen LogP contribution in [0.25, 0.3) is 0 Å². The average molecular weight is 245 g/mol. The number of thiophene rings is 1. The fourth-order valence-electron chi connectivity index (χ4n) is 1.74. The van der Waals surface area contributed by atoms with Crippen LogP contribution in [-0.2, 0) is 6.54 Å². The molecule has 1 aromatic heterocycles. The molecule has 0 spiro atoms. The number of nitrogens with one attached hydrogen (secondary N) is 1. The monoisotopic (exact) mass is 245 g/mol. The Kier molecular flexibility index (Phi) is 3.59. The molecule has 17 heavy (non-hydrogen) atoms. The Morgan fingerprint density at radius 1 is 1.29 bits per heavy atom. The number of aryl methyl sites for hydroxylation is 2. The maximum absolute atomic E-state index is 12.0. The van der Waals surface area contributed by atoms with E-state index in [9.17, 15) is 4.79 Å². The molecular formula is C14H15NOS. The molecule has 88 valence electrons. The van der Waals surface area contributed by atoms with Crippen molar-refractivity contribution in [2.45, 2.75) is 20.4 Å². The van der Waals surface area contributed by atoms with E-state index in [2.05, 4.69) is 5.32 Å². The number of benzene rings is 1. The van der Waals surface area contributed by atoms with E-state index in [0.717, 1.165) is 16.7 Å². The minimum Gasteiger partial charge on any atom is -0.348 e. The molecule has 0 saturated carbocycles. The highest BCUT2D eigenvalue weighted by Crippen LogP contribution is 2.11. The van der Waals surface area contributed by atoms with Crippen molar-refractivity contribution in [1.82, 2.24) is 5.32 Å². The van der Waals surface area contributed by atoms with Gasteiger partial charge >= 0.3 is 0 Å². The summed E-state index contributed by atoms with van der Waals surface area (Å²) >= 11 is 1.64. The molecule has 1 N–H and O–H groups in total. The third kappa shape index (κ3) is 2.94. The minimum atomic E-state index is -0.00583. The zero-order valence-electron chi connectivity index (χ0n) is 9.99. The second-order valence-corrected chi connectivity index (χ2v) is 4.91. The van der Waals surface area contributed by atoms with Crippen LogP contribution in [0.4, 0.5) is 0 Å². The predicted octanol–water partition coefficient (Wildman–Crippen LogP) is 3.29. The molecule has 0 fully saturated rings. The van der Waals surface area contributed by atoms with Crippen LogP contribution >= 0.6 is 11.3 Å². The van der Waals surface area contributed by atoms with Crippen LogP contribution in [0.5, 0.6) is 0 Å². The van der Waals surface area contributed by atoms with Crippen molar-refractivity contribution in [3.05, 3.63) is 57.3 Å². The summed E-state index contributed by atoms with van der Waals surface area (Å²) in [6.45, 7) is 4.59. The van der Waals surface area contributed by atoms with E-state index in [1.807, 2.05) is 48.9 Å². The first-order valence-electron chi connectivity index (χ1n) is 5.53. The summed E-state index contributed by atoms with van der Waals surface area (Å²) in [5.41, 5.74) is 4.10. The molecule has 2 aromatic rings. The first-order valence-corrected chi connectivity index (χ1v) is 6.47. The zero-order chi connectivity index (χ0) is 12.3. The summed E-state index contributed by atoms with van der Waals surface area (Å²) in [6, 6.07) is 7.90. The van der Waals surface area contributed by atoms with Crippen LogP contribution in [0.15, 0.2) is 35.0 Å². The SMILES string of the molecule is Cc1ccc(C(=O)NCc2ccsc2)c(C)c1. The second-order valence-electron chi connectivity index (χ2n) is 4.13. The summed E-state index contributed by atoms with van der Waals surface area (Å²) in [6.07, 6.45) is 0. The molecule has 2 rings (SSSR count). The highest BCUT2D eigenvalue weighted by Gasteiger charge is 2.08. The van der Waals surface area contributed by atoms with Crippen molar-refractivity contribution in [1.29, 1.82) is 0 Å². The Balaban J connectivity index is 2.04. The highest BCUT2D eigenvalue weighted by atomic mass is 32.1. The van der Waals surface area contributed by atoms with Gasteiger partial charge in [-0.2, -0.15) is 11.3 Å². The third-order valence-electron chi connectivity index (χ3n) is 2.66. The van der Waals surface area contributed by atoms with Gasteiger partial charge in [0.2, 0.25) is 0 Å². The normalized spacial score (nSPS) is 10.2. The third-order valence-corrected chi connectivity index (χ3v) is 3.39. The number of rotatable bonds is 3. The van der Waals surface area contributed by atoms with E-state index < -0.39 is 0 Å². The number of carbonyl (C=O) groups is 1. The van der Waals surface area contributed by atoms with Crippen molar-refractivity contribution in [3.63, 3.8) is 0 Å². The summed E-state index contributed by atoms with van der Waals surface area (Å²) in [5, 5.41) is 6.99. The van der Waals surface area contributed by atoms with Crippen molar-refractivity contribution in [2.75, 3.05) is 0 Å². The summed E-state index contributed by atoms with van der Waals surface area (Å²) in [5.74, 6) is -0.00583. The average Bonchev–Trinajstić information content (AvgIpc) is 2.78. The Morgan fingerprint density at radius 2 is 2.12 bits per heavy atom. The molecule has 2 nitrogen and oxygen atoms in total. The van der Waals surface area contributed by atoms with Gasteiger partial charge in [0.05, 0.1) is 0 Å². The number of hydrogen-bond acceptors (Lipinski definition) is 2. The topological polar surface area (TPSA) is 29.1 Å². The van der Waals surface area contributed by atoms with Gasteiger partial charge in [-0.3, -0.25) is 4.79 Å². The largest absolute Gasteiger partial charge is 0.348 e. The molecule has 1 amide bonds. The van der Waals surface area contributed by atoms with E-state index >= 15 is 0 Å². The fourth-order valence-corrected chi connectivity index (χ4v) is 2.41. The summed E-state index contributed by atoms with van der Waals surface area (Å²) < 4.78 is 0. The van der Waals surface area contributed by atoms with Gasteiger partial charge in [-0.25, -0.2) is 0 Å². The zero-order valence-corrected chi connectivity index (χ0v) is 10.8. The van der Waals surface area contributed by atoms with Crippen LogP contribution in [0, 0.1) is 13.8 Å². The molecule has 1 aromatic carbocycles. The number of amides is 1. The first-order chi connectivity index (χ1) is 8.16. The smallest absolute Gasteiger partial charge is 0.251 e. The molecule has 0 radical (unpaired) electrons. The van der Waals surface area contributed by atoms with Crippen LogP contribution < -0.4 is 5.32 Å². The van der Waals surface area contributed by atoms with Crippen LogP contribution in [-0.4, -0.2) is 5.91 Å². The lowest BCUT2D eigenvalue weighted by molar-refractivity contribution is 0.0950. The first kappa shape index (κ1) is 11.9. The van der Waals surface area contributed by atoms with E-state index in [1.165, 1.54) is 5.56 Å². The standard InChI is InChI=1S/C14H15NOS/c1-10-3-4-13(11(2)7-10)14(16)15-8-12-5-6-17-9-12/h3-7,9H,8H2,1-2H3,(H,15,16). The molecule has 3 heteroatoms. The summed E-state index contributed by atoms with van der Waals surface area (Å²) in [7, 11) is 0. The van der Waals surface area contributed by atoms with E-state index in [0.29, 0.717) is 6.54 Å². The van der Waals surface area contributed by atoms with Gasteiger partial charge < -0.3 is 5.32 Å². The van der Waals surface area contributed by atoms with E-state index in [-0.39, 0.29) is 5.91 Å². The Hall–Kier alpha value is -1.61. The summed E-state index contributed by atoms with van der Waals surface area (Å²) in [4.78, 5) is 12.0. The van der Waals surface area contributed by atoms with Gasteiger partial charge in [0, 0.05) is 12.1 Å². The fraction of sp³-hybridized carbons (Fsp3) is 0.214. The molecule has 0 aliphatic rings. The van der Waals surface area contributed by atoms with Crippen LogP contribution in [0.2, 0.25) is 0 Å². The number of carbonyl (C=O) groups excluding carboxylic acids is 1. The maximum atomic E-state index is 12.0. The van der Waals surface area contributed by atoms with Crippen LogP contribution in [0.3, 0.4) is 0 Å². The molecule has 0 aliphatic carbocycles. The van der Waals surface area contributed by atoms with Gasteiger partial charge in [0.15, 0.2) is 0 Å². The predicted molar refractivity (Wildman–Crippen MR) is 71.4 cm³/mol. The Bertz CT molecular complexity index is 517. The molecule has 0 bridgehead atoms. The van der Waals surface area contributed by atoms with Crippen molar-refractivity contribution in [2.24, 2.45) is 0 Å². The van der Waals surface area contributed by atoms with Gasteiger partial charge in [0.1, 0.15) is 0 Å². The van der Waals surface area contributed by atoms with Crippen molar-refractivity contribution in [3.8, 4) is 0 Å². The van der Waals surface area contributed by atoms with E-state index in [4.69, 9.17) is 0 Å². The molecular weight excluding hydrogens is 230 g/mol. The number of hydrogen-bond donors (Lipinski definition) is 1. The van der Waals surface area contributed by atoms with Gasteiger partial charge in [-0.15, -0.1) is 0 Å². The van der Waals surface area contributed by atoms with Gasteiger partial charge in [-0.05, 0) is 47.9 Å². The second kappa shape index (κ2) is 5.15. The molecule has 0 saturated heterocycles. The Labute approximate surface area is 105 Å². The lowest BCUT2D eigenvalue weighted by Gasteiger charge is -2.07. The van der Waals surface area contributed by atoms with Gasteiger partial charge in [0.25, 0.3) is 5.91 Å². The molecule has 1 heterocycles. The Morgan fingerprint density at radius 3 is 2.76 bits per heavy atom. The van der Waals surface area contributed by atoms with Crippen LogP contribution in [0.1, 0.15) is 27.0 Å².